The van der Waals surface area contributed by atoms with Crippen molar-refractivity contribution in [2.75, 3.05) is 6.61 Å². The summed E-state index contributed by atoms with van der Waals surface area (Å²) in [6.45, 7) is 4.95. The lowest BCUT2D eigenvalue weighted by Gasteiger charge is -2.22. The Morgan fingerprint density at radius 2 is 1.79 bits per heavy atom. The number of carbonyl (C=O) groups is 1. The minimum absolute atomic E-state index is 0.297. The maximum Gasteiger partial charge on any atom is 0.416 e. The first-order valence-corrected chi connectivity index (χ1v) is 12.4. The van der Waals surface area contributed by atoms with E-state index in [1.807, 2.05) is 0 Å². The fourth-order valence-corrected chi connectivity index (χ4v) is 5.14. The molecular formula is C24H28F3NO5S. The second-order valence-electron chi connectivity index (χ2n) is 9.14. The highest BCUT2D eigenvalue weighted by Gasteiger charge is 2.33. The average molecular weight is 500 g/mol. The third kappa shape index (κ3) is 6.73. The van der Waals surface area contributed by atoms with E-state index in [0.29, 0.717) is 36.6 Å². The van der Waals surface area contributed by atoms with Crippen molar-refractivity contribution >= 4 is 16.0 Å². The van der Waals surface area contributed by atoms with Crippen LogP contribution in [-0.2, 0) is 32.2 Å². The van der Waals surface area contributed by atoms with E-state index >= 15 is 0 Å². The quantitative estimate of drug-likeness (QED) is 0.438. The Morgan fingerprint density at radius 1 is 1.09 bits per heavy atom. The molecule has 0 aliphatic heterocycles. The van der Waals surface area contributed by atoms with E-state index in [1.165, 1.54) is 0 Å². The maximum atomic E-state index is 13.1. The molecule has 1 aliphatic carbocycles. The molecule has 0 saturated carbocycles. The van der Waals surface area contributed by atoms with E-state index in [0.717, 1.165) is 30.2 Å². The number of hydrogen-bond donors (Lipinski definition) is 1. The van der Waals surface area contributed by atoms with Gasteiger partial charge < -0.3 is 9.47 Å². The third-order valence-electron chi connectivity index (χ3n) is 5.25. The highest BCUT2D eigenvalue weighted by molar-refractivity contribution is 7.89. The summed E-state index contributed by atoms with van der Waals surface area (Å²) in [6, 6.07) is 8.17. The molecule has 0 radical (unpaired) electrons. The summed E-state index contributed by atoms with van der Waals surface area (Å²) in [6.07, 6.45) is -2.10. The van der Waals surface area contributed by atoms with E-state index < -0.39 is 44.3 Å². The Bertz CT molecular complexity index is 1140. The van der Waals surface area contributed by atoms with E-state index in [9.17, 15) is 26.4 Å². The molecule has 3 rings (SSSR count). The SMILES string of the molecule is CC(C)(C)OC(=O)COc1cccc2c1CCCCC2NS(=O)(=O)c1cccc(C(F)(F)F)c1. The second kappa shape index (κ2) is 9.95. The predicted molar refractivity (Wildman–Crippen MR) is 120 cm³/mol. The van der Waals surface area contributed by atoms with Crippen LogP contribution in [0.2, 0.25) is 0 Å². The third-order valence-corrected chi connectivity index (χ3v) is 6.72. The van der Waals surface area contributed by atoms with Crippen molar-refractivity contribution in [1.82, 2.24) is 4.72 Å². The van der Waals surface area contributed by atoms with Crippen LogP contribution in [0.4, 0.5) is 13.2 Å². The van der Waals surface area contributed by atoms with Crippen LogP contribution in [0.3, 0.4) is 0 Å². The van der Waals surface area contributed by atoms with E-state index in [4.69, 9.17) is 9.47 Å². The molecule has 34 heavy (non-hydrogen) atoms. The molecule has 0 aromatic heterocycles. The Kier molecular flexibility index (Phi) is 7.62. The van der Waals surface area contributed by atoms with Gasteiger partial charge in [-0.3, -0.25) is 0 Å². The van der Waals surface area contributed by atoms with Crippen LogP contribution in [0.1, 0.15) is 62.8 Å². The van der Waals surface area contributed by atoms with E-state index in [2.05, 4.69) is 4.72 Å². The van der Waals surface area contributed by atoms with Gasteiger partial charge in [-0.15, -0.1) is 0 Å². The highest BCUT2D eigenvalue weighted by Crippen LogP contribution is 2.36. The van der Waals surface area contributed by atoms with Crippen molar-refractivity contribution < 1.29 is 35.9 Å². The number of alkyl halides is 3. The monoisotopic (exact) mass is 499 g/mol. The number of fused-ring (bicyclic) bond motifs is 1. The maximum absolute atomic E-state index is 13.1. The second-order valence-corrected chi connectivity index (χ2v) is 10.9. The molecule has 2 aromatic carbocycles. The summed E-state index contributed by atoms with van der Waals surface area (Å²) in [7, 11) is -4.23. The van der Waals surface area contributed by atoms with Crippen LogP contribution in [0.25, 0.3) is 0 Å². The molecule has 0 fully saturated rings. The van der Waals surface area contributed by atoms with Gasteiger partial charge in [0.05, 0.1) is 10.5 Å². The smallest absolute Gasteiger partial charge is 0.416 e. The molecule has 1 unspecified atom stereocenters. The molecule has 10 heteroatoms. The van der Waals surface area contributed by atoms with Gasteiger partial charge in [-0.1, -0.05) is 24.6 Å². The zero-order chi connectivity index (χ0) is 25.1. The van der Waals surface area contributed by atoms with Gasteiger partial charge in [0.1, 0.15) is 11.4 Å². The van der Waals surface area contributed by atoms with Gasteiger partial charge >= 0.3 is 12.1 Å². The number of halogens is 3. The molecule has 1 N–H and O–H groups in total. The van der Waals surface area contributed by atoms with Crippen LogP contribution in [0.15, 0.2) is 47.4 Å². The number of sulfonamides is 1. The number of rotatable bonds is 6. The van der Waals surface area contributed by atoms with Crippen molar-refractivity contribution in [2.24, 2.45) is 0 Å². The van der Waals surface area contributed by atoms with E-state index in [1.54, 1.807) is 39.0 Å². The van der Waals surface area contributed by atoms with Gasteiger partial charge in [0.15, 0.2) is 6.61 Å². The summed E-state index contributed by atoms with van der Waals surface area (Å²) in [5, 5.41) is 0. The van der Waals surface area contributed by atoms with Crippen molar-refractivity contribution in [3.63, 3.8) is 0 Å². The summed E-state index contributed by atoms with van der Waals surface area (Å²) in [4.78, 5) is 11.6. The lowest BCUT2D eigenvalue weighted by atomic mass is 9.99. The first-order valence-electron chi connectivity index (χ1n) is 10.9. The molecule has 1 atom stereocenters. The largest absolute Gasteiger partial charge is 0.482 e. The number of carbonyl (C=O) groups excluding carboxylic acids is 1. The van der Waals surface area contributed by atoms with Gasteiger partial charge in [-0.05, 0) is 75.4 Å². The molecule has 186 valence electrons. The number of nitrogens with one attached hydrogen (secondary N) is 1. The minimum atomic E-state index is -4.65. The van der Waals surface area contributed by atoms with Crippen molar-refractivity contribution in [3.8, 4) is 5.75 Å². The first kappa shape index (κ1) is 26.0. The molecule has 2 aromatic rings. The van der Waals surface area contributed by atoms with Crippen LogP contribution in [-0.4, -0.2) is 26.6 Å². The molecular weight excluding hydrogens is 471 g/mol. The van der Waals surface area contributed by atoms with Crippen LogP contribution in [0, 0.1) is 0 Å². The molecule has 6 nitrogen and oxygen atoms in total. The standard InChI is InChI=1S/C24H28F3NO5S/c1-23(2,3)33-22(29)15-32-21-13-7-11-18-19(21)10-4-5-12-20(18)28-34(30,31)17-9-6-8-16(14-17)24(25,26)27/h6-9,11,13-14,20,28H,4-5,10,12,15H2,1-3H3. The van der Waals surface area contributed by atoms with Gasteiger partial charge in [0.2, 0.25) is 10.0 Å². The predicted octanol–water partition coefficient (Wildman–Crippen LogP) is 5.17. The molecule has 0 amide bonds. The van der Waals surface area contributed by atoms with E-state index in [-0.39, 0.29) is 6.61 Å². The molecule has 0 bridgehead atoms. The minimum Gasteiger partial charge on any atom is -0.482 e. The normalized spacial score (nSPS) is 16.9. The number of hydrogen-bond acceptors (Lipinski definition) is 5. The Labute approximate surface area is 197 Å². The summed E-state index contributed by atoms with van der Waals surface area (Å²) >= 11 is 0. The Balaban J connectivity index is 1.84. The summed E-state index contributed by atoms with van der Waals surface area (Å²) in [5.41, 5.74) is -0.245. The fraction of sp³-hybridized carbons (Fsp3) is 0.458. The summed E-state index contributed by atoms with van der Waals surface area (Å²) in [5.74, 6) is -0.0750. The number of ether oxygens (including phenoxy) is 2. The number of esters is 1. The van der Waals surface area contributed by atoms with Crippen LogP contribution >= 0.6 is 0 Å². The molecule has 0 saturated heterocycles. The van der Waals surface area contributed by atoms with Crippen molar-refractivity contribution in [3.05, 3.63) is 59.2 Å². The molecule has 0 spiro atoms. The van der Waals surface area contributed by atoms with Gasteiger partial charge in [-0.2, -0.15) is 13.2 Å². The number of benzene rings is 2. The fourth-order valence-electron chi connectivity index (χ4n) is 3.84. The van der Waals surface area contributed by atoms with Gasteiger partial charge in [0.25, 0.3) is 0 Å². The van der Waals surface area contributed by atoms with Crippen LogP contribution in [0.5, 0.6) is 5.75 Å². The molecule has 1 aliphatic rings. The highest BCUT2D eigenvalue weighted by atomic mass is 32.2. The average Bonchev–Trinajstić information content (AvgIpc) is 2.93. The van der Waals surface area contributed by atoms with Gasteiger partial charge in [0, 0.05) is 6.04 Å². The summed E-state index contributed by atoms with van der Waals surface area (Å²) < 4.78 is 78.7. The van der Waals surface area contributed by atoms with Crippen molar-refractivity contribution in [1.29, 1.82) is 0 Å². The zero-order valence-corrected chi connectivity index (χ0v) is 20.1. The lowest BCUT2D eigenvalue weighted by Crippen LogP contribution is -2.29. The Hall–Kier alpha value is -2.59. The first-order chi connectivity index (χ1) is 15.8. The zero-order valence-electron chi connectivity index (χ0n) is 19.2. The Morgan fingerprint density at radius 3 is 2.47 bits per heavy atom. The van der Waals surface area contributed by atoms with Crippen LogP contribution < -0.4 is 9.46 Å². The van der Waals surface area contributed by atoms with Crippen molar-refractivity contribution in [2.45, 2.75) is 69.2 Å². The lowest BCUT2D eigenvalue weighted by molar-refractivity contribution is -0.157. The van der Waals surface area contributed by atoms with Gasteiger partial charge in [-0.25, -0.2) is 17.9 Å². The topological polar surface area (TPSA) is 81.7 Å². The molecule has 0 heterocycles.